The van der Waals surface area contributed by atoms with Crippen LogP contribution in [0, 0.1) is 6.92 Å². The zero-order valence-corrected chi connectivity index (χ0v) is 10.7. The van der Waals surface area contributed by atoms with Gasteiger partial charge in [0.15, 0.2) is 0 Å². The largest absolute Gasteiger partial charge is 0.480 e. The number of rotatable bonds is 4. The number of hydrogen-bond acceptors (Lipinski definition) is 2. The normalized spacial score (nSPS) is 12.8. The number of hydrogen-bond donors (Lipinski definition) is 3. The molecule has 18 heavy (non-hydrogen) atoms. The molecule has 1 heterocycles. The highest BCUT2D eigenvalue weighted by Gasteiger charge is 2.16. The monoisotopic (exact) mass is 246 g/mol. The highest BCUT2D eigenvalue weighted by atomic mass is 16.4. The van der Waals surface area contributed by atoms with Crippen LogP contribution < -0.4 is 5.73 Å². The van der Waals surface area contributed by atoms with Gasteiger partial charge in [-0.25, -0.2) is 0 Å². The van der Waals surface area contributed by atoms with Gasteiger partial charge in [0, 0.05) is 23.5 Å². The lowest BCUT2D eigenvalue weighted by molar-refractivity contribution is -0.138. The van der Waals surface area contributed by atoms with Crippen molar-refractivity contribution >= 4 is 16.9 Å². The molecular weight excluding hydrogens is 228 g/mol. The zero-order valence-electron chi connectivity index (χ0n) is 10.7. The summed E-state index contributed by atoms with van der Waals surface area (Å²) in [6.45, 7) is 4.16. The number of fused-ring (bicyclic) bond motifs is 1. The molecule has 1 aromatic carbocycles. The summed E-state index contributed by atoms with van der Waals surface area (Å²) in [5.74, 6) is -0.963. The van der Waals surface area contributed by atoms with E-state index in [0.717, 1.165) is 22.9 Å². The molecule has 2 rings (SSSR count). The predicted molar refractivity (Wildman–Crippen MR) is 71.7 cm³/mol. The molecule has 2 aromatic rings. The molecule has 4 N–H and O–H groups in total. The van der Waals surface area contributed by atoms with E-state index < -0.39 is 12.0 Å². The first-order chi connectivity index (χ1) is 8.52. The molecule has 0 unspecified atom stereocenters. The third kappa shape index (κ3) is 2.24. The minimum Gasteiger partial charge on any atom is -0.480 e. The van der Waals surface area contributed by atoms with Crippen LogP contribution in [0.25, 0.3) is 10.9 Å². The highest BCUT2D eigenvalue weighted by Crippen LogP contribution is 2.25. The molecule has 0 spiro atoms. The number of carboxylic acid groups (broad SMARTS) is 1. The quantitative estimate of drug-likeness (QED) is 0.772. The summed E-state index contributed by atoms with van der Waals surface area (Å²) in [5.41, 5.74) is 10.1. The summed E-state index contributed by atoms with van der Waals surface area (Å²) in [7, 11) is 0. The van der Waals surface area contributed by atoms with Crippen molar-refractivity contribution in [3.8, 4) is 0 Å². The van der Waals surface area contributed by atoms with Gasteiger partial charge in [0.25, 0.3) is 0 Å². The Labute approximate surface area is 106 Å². The average Bonchev–Trinajstić information content (AvgIpc) is 2.71. The van der Waals surface area contributed by atoms with E-state index >= 15 is 0 Å². The van der Waals surface area contributed by atoms with Crippen LogP contribution in [0.15, 0.2) is 18.3 Å². The number of carbonyl (C=O) groups is 1. The summed E-state index contributed by atoms with van der Waals surface area (Å²) < 4.78 is 0. The van der Waals surface area contributed by atoms with Crippen LogP contribution in [0.3, 0.4) is 0 Å². The second kappa shape index (κ2) is 4.82. The number of H-pyrrole nitrogens is 1. The SMILES string of the molecule is CCc1cc(C)cc2[nH]cc(C[C@H](N)C(=O)O)c12. The van der Waals surface area contributed by atoms with Gasteiger partial charge in [-0.1, -0.05) is 13.0 Å². The Kier molecular flexibility index (Phi) is 3.39. The minimum absolute atomic E-state index is 0.353. The number of aromatic amines is 1. The van der Waals surface area contributed by atoms with Crippen molar-refractivity contribution in [2.75, 3.05) is 0 Å². The number of nitrogens with one attached hydrogen (secondary N) is 1. The fourth-order valence-corrected chi connectivity index (χ4v) is 2.36. The van der Waals surface area contributed by atoms with E-state index in [9.17, 15) is 4.79 Å². The third-order valence-corrected chi connectivity index (χ3v) is 3.23. The third-order valence-electron chi connectivity index (χ3n) is 3.23. The van der Waals surface area contributed by atoms with Crippen LogP contribution >= 0.6 is 0 Å². The molecule has 0 amide bonds. The van der Waals surface area contributed by atoms with Crippen LogP contribution in [0.2, 0.25) is 0 Å². The molecule has 0 bridgehead atoms. The summed E-state index contributed by atoms with van der Waals surface area (Å²) in [6.07, 6.45) is 3.14. The van der Waals surface area contributed by atoms with Gasteiger partial charge in [-0.3, -0.25) is 4.79 Å². The molecule has 0 saturated heterocycles. The first-order valence-electron chi connectivity index (χ1n) is 6.10. The zero-order chi connectivity index (χ0) is 13.3. The highest BCUT2D eigenvalue weighted by molar-refractivity contribution is 5.88. The van der Waals surface area contributed by atoms with Crippen LogP contribution in [0.5, 0.6) is 0 Å². The summed E-state index contributed by atoms with van der Waals surface area (Å²) in [6, 6.07) is 3.37. The van der Waals surface area contributed by atoms with Crippen molar-refractivity contribution in [3.05, 3.63) is 35.0 Å². The summed E-state index contributed by atoms with van der Waals surface area (Å²) in [4.78, 5) is 14.0. The molecule has 1 atom stereocenters. The summed E-state index contributed by atoms with van der Waals surface area (Å²) in [5, 5.41) is 10.0. The van der Waals surface area contributed by atoms with Gasteiger partial charge in [0.1, 0.15) is 6.04 Å². The Morgan fingerprint density at radius 2 is 2.17 bits per heavy atom. The Bertz CT molecular complexity index is 587. The number of nitrogens with two attached hydrogens (primary N) is 1. The fourth-order valence-electron chi connectivity index (χ4n) is 2.36. The Morgan fingerprint density at radius 1 is 1.44 bits per heavy atom. The number of aromatic nitrogens is 1. The van der Waals surface area contributed by atoms with Crippen molar-refractivity contribution in [3.63, 3.8) is 0 Å². The Hall–Kier alpha value is -1.81. The van der Waals surface area contributed by atoms with Gasteiger partial charge in [-0.15, -0.1) is 0 Å². The number of aryl methyl sites for hydroxylation is 2. The maximum atomic E-state index is 10.8. The molecule has 0 saturated carbocycles. The second-order valence-corrected chi connectivity index (χ2v) is 4.66. The number of benzene rings is 1. The molecule has 0 aliphatic carbocycles. The van der Waals surface area contributed by atoms with Crippen molar-refractivity contribution in [1.29, 1.82) is 0 Å². The topological polar surface area (TPSA) is 79.1 Å². The van der Waals surface area contributed by atoms with E-state index in [1.54, 1.807) is 0 Å². The first kappa shape index (κ1) is 12.6. The van der Waals surface area contributed by atoms with Gasteiger partial charge in [0.2, 0.25) is 0 Å². The first-order valence-corrected chi connectivity index (χ1v) is 6.10. The van der Waals surface area contributed by atoms with E-state index in [0.29, 0.717) is 6.42 Å². The van der Waals surface area contributed by atoms with Crippen molar-refractivity contribution in [2.24, 2.45) is 5.73 Å². The van der Waals surface area contributed by atoms with Crippen molar-refractivity contribution in [2.45, 2.75) is 32.7 Å². The Balaban J connectivity index is 2.49. The molecule has 0 aliphatic rings. The van der Waals surface area contributed by atoms with Crippen LogP contribution in [-0.2, 0) is 17.6 Å². The molecule has 0 radical (unpaired) electrons. The molecule has 96 valence electrons. The molecule has 0 aliphatic heterocycles. The smallest absolute Gasteiger partial charge is 0.320 e. The van der Waals surface area contributed by atoms with Gasteiger partial charge < -0.3 is 15.8 Å². The molecular formula is C14H18N2O2. The lowest BCUT2D eigenvalue weighted by Crippen LogP contribution is -2.32. The number of aliphatic carboxylic acids is 1. The molecule has 1 aromatic heterocycles. The standard InChI is InChI=1S/C14H18N2O2/c1-3-9-4-8(2)5-12-13(9)10(7-16-12)6-11(15)14(17)18/h4-5,7,11,16H,3,6,15H2,1-2H3,(H,17,18)/t11-/m0/s1. The van der Waals surface area contributed by atoms with Gasteiger partial charge in [-0.2, -0.15) is 0 Å². The summed E-state index contributed by atoms with van der Waals surface area (Å²) >= 11 is 0. The maximum Gasteiger partial charge on any atom is 0.320 e. The molecule has 4 heteroatoms. The van der Waals surface area contributed by atoms with Crippen LogP contribution in [0.4, 0.5) is 0 Å². The predicted octanol–water partition coefficient (Wildman–Crippen LogP) is 1.99. The van der Waals surface area contributed by atoms with E-state index in [1.165, 1.54) is 11.1 Å². The second-order valence-electron chi connectivity index (χ2n) is 4.66. The van der Waals surface area contributed by atoms with Gasteiger partial charge in [-0.05, 0) is 36.1 Å². The van der Waals surface area contributed by atoms with Gasteiger partial charge >= 0.3 is 5.97 Å². The molecule has 4 nitrogen and oxygen atoms in total. The van der Waals surface area contributed by atoms with Crippen LogP contribution in [0.1, 0.15) is 23.6 Å². The van der Waals surface area contributed by atoms with Crippen LogP contribution in [-0.4, -0.2) is 22.1 Å². The number of carboxylic acids is 1. The van der Waals surface area contributed by atoms with Crippen molar-refractivity contribution in [1.82, 2.24) is 4.98 Å². The maximum absolute atomic E-state index is 10.8. The van der Waals surface area contributed by atoms with Crippen molar-refractivity contribution < 1.29 is 9.90 Å². The lowest BCUT2D eigenvalue weighted by Gasteiger charge is -2.08. The van der Waals surface area contributed by atoms with E-state index in [1.807, 2.05) is 6.20 Å². The van der Waals surface area contributed by atoms with Gasteiger partial charge in [0.05, 0.1) is 0 Å². The fraction of sp³-hybridized carbons (Fsp3) is 0.357. The Morgan fingerprint density at radius 3 is 2.78 bits per heavy atom. The average molecular weight is 246 g/mol. The molecule has 0 fully saturated rings. The minimum atomic E-state index is -0.963. The lowest BCUT2D eigenvalue weighted by atomic mass is 9.98. The van der Waals surface area contributed by atoms with E-state index in [2.05, 4.69) is 31.0 Å². The van der Waals surface area contributed by atoms with E-state index in [4.69, 9.17) is 10.8 Å². The van der Waals surface area contributed by atoms with E-state index in [-0.39, 0.29) is 0 Å².